The van der Waals surface area contributed by atoms with E-state index in [9.17, 15) is 9.59 Å². The first kappa shape index (κ1) is 14.5. The number of fused-ring (bicyclic) bond motifs is 1. The van der Waals surface area contributed by atoms with E-state index in [1.165, 1.54) is 23.3 Å². The number of carbonyl (C=O) groups is 2. The van der Waals surface area contributed by atoms with Crippen molar-refractivity contribution >= 4 is 28.2 Å². The van der Waals surface area contributed by atoms with Crippen molar-refractivity contribution in [3.8, 4) is 0 Å². The van der Waals surface area contributed by atoms with Crippen LogP contribution in [-0.2, 0) is 22.4 Å². The molecule has 0 radical (unpaired) electrons. The van der Waals surface area contributed by atoms with Crippen molar-refractivity contribution in [2.75, 3.05) is 12.4 Å². The minimum absolute atomic E-state index is 0.109. The number of amides is 1. The second kappa shape index (κ2) is 5.42. The van der Waals surface area contributed by atoms with Crippen molar-refractivity contribution in [2.24, 2.45) is 5.73 Å². The van der Waals surface area contributed by atoms with Gasteiger partial charge in [-0.05, 0) is 44.1 Å². The van der Waals surface area contributed by atoms with E-state index in [-0.39, 0.29) is 17.4 Å². The van der Waals surface area contributed by atoms with Crippen molar-refractivity contribution in [3.05, 3.63) is 16.0 Å². The number of rotatable bonds is 4. The highest BCUT2D eigenvalue weighted by Gasteiger charge is 2.35. The molecule has 3 N–H and O–H groups in total. The number of anilines is 1. The lowest BCUT2D eigenvalue weighted by Gasteiger charge is -2.37. The number of hydrogen-bond acceptors (Lipinski definition) is 5. The highest BCUT2D eigenvalue weighted by atomic mass is 32.1. The summed E-state index contributed by atoms with van der Waals surface area (Å²) in [5, 5.41) is 3.50. The Balaban J connectivity index is 1.78. The van der Waals surface area contributed by atoms with Gasteiger partial charge in [-0.2, -0.15) is 0 Å². The molecule has 0 bridgehead atoms. The first-order chi connectivity index (χ1) is 10.0. The van der Waals surface area contributed by atoms with Crippen LogP contribution in [0.25, 0.3) is 0 Å². The summed E-state index contributed by atoms with van der Waals surface area (Å²) >= 11 is 1.50. The third kappa shape index (κ3) is 2.70. The maximum atomic E-state index is 12.2. The summed E-state index contributed by atoms with van der Waals surface area (Å²) in [6, 6.07) is 0. The average molecular weight is 308 g/mol. The molecular formula is C15H20N2O3S. The van der Waals surface area contributed by atoms with Gasteiger partial charge >= 0.3 is 5.97 Å². The van der Waals surface area contributed by atoms with Gasteiger partial charge in [0.15, 0.2) is 0 Å². The Hall–Kier alpha value is -1.40. The molecule has 1 aromatic heterocycles. The van der Waals surface area contributed by atoms with Gasteiger partial charge in [-0.1, -0.05) is 0 Å². The number of thiophene rings is 1. The van der Waals surface area contributed by atoms with E-state index in [0.717, 1.165) is 44.1 Å². The second-order valence-corrected chi connectivity index (χ2v) is 7.10. The van der Waals surface area contributed by atoms with Crippen LogP contribution in [-0.4, -0.2) is 24.5 Å². The zero-order chi connectivity index (χ0) is 15.0. The van der Waals surface area contributed by atoms with E-state index in [4.69, 9.17) is 10.5 Å². The van der Waals surface area contributed by atoms with Crippen LogP contribution in [0.5, 0.6) is 0 Å². The minimum Gasteiger partial charge on any atom is -0.465 e. The molecule has 1 fully saturated rings. The first-order valence-corrected chi connectivity index (χ1v) is 8.16. The highest BCUT2D eigenvalue weighted by Crippen LogP contribution is 2.40. The van der Waals surface area contributed by atoms with Crippen LogP contribution in [0.15, 0.2) is 0 Å². The molecule has 21 heavy (non-hydrogen) atoms. The molecular weight excluding hydrogens is 288 g/mol. The van der Waals surface area contributed by atoms with E-state index in [1.807, 2.05) is 0 Å². The maximum absolute atomic E-state index is 12.2. The SMILES string of the molecule is COC(=O)c1c(NC(=O)CC2(N)CCC2)sc2c1CCC2. The first-order valence-electron chi connectivity index (χ1n) is 7.34. The molecule has 1 heterocycles. The molecule has 114 valence electrons. The van der Waals surface area contributed by atoms with Crippen LogP contribution in [0.1, 0.15) is 52.9 Å². The van der Waals surface area contributed by atoms with Gasteiger partial charge in [-0.25, -0.2) is 4.79 Å². The molecule has 0 unspecified atom stereocenters. The molecule has 3 rings (SSSR count). The molecule has 0 saturated heterocycles. The number of esters is 1. The van der Waals surface area contributed by atoms with E-state index < -0.39 is 0 Å². The van der Waals surface area contributed by atoms with Gasteiger partial charge in [-0.3, -0.25) is 4.79 Å². The number of nitrogens with one attached hydrogen (secondary N) is 1. The van der Waals surface area contributed by atoms with Crippen LogP contribution >= 0.6 is 11.3 Å². The Morgan fingerprint density at radius 3 is 2.71 bits per heavy atom. The third-order valence-corrected chi connectivity index (χ3v) is 5.63. The number of carbonyl (C=O) groups excluding carboxylic acids is 2. The lowest BCUT2D eigenvalue weighted by Crippen LogP contribution is -2.48. The Morgan fingerprint density at radius 2 is 2.10 bits per heavy atom. The second-order valence-electron chi connectivity index (χ2n) is 5.99. The molecule has 0 aliphatic heterocycles. The third-order valence-electron chi connectivity index (χ3n) is 4.43. The Morgan fingerprint density at radius 1 is 1.33 bits per heavy atom. The topological polar surface area (TPSA) is 81.4 Å². The van der Waals surface area contributed by atoms with Crippen LogP contribution < -0.4 is 11.1 Å². The molecule has 6 heteroatoms. The van der Waals surface area contributed by atoms with Gasteiger partial charge in [0.1, 0.15) is 5.00 Å². The van der Waals surface area contributed by atoms with Gasteiger partial charge in [0.2, 0.25) is 5.91 Å². The molecule has 1 amide bonds. The van der Waals surface area contributed by atoms with Crippen LogP contribution in [0, 0.1) is 0 Å². The molecule has 0 spiro atoms. The minimum atomic E-state index is -0.365. The molecule has 0 atom stereocenters. The Kier molecular flexibility index (Phi) is 3.75. The number of hydrogen-bond donors (Lipinski definition) is 2. The summed E-state index contributed by atoms with van der Waals surface area (Å²) in [5.41, 5.74) is 7.35. The van der Waals surface area contributed by atoms with Crippen molar-refractivity contribution < 1.29 is 14.3 Å². The fourth-order valence-corrected chi connectivity index (χ4v) is 4.40. The van der Waals surface area contributed by atoms with Gasteiger partial charge in [0, 0.05) is 16.8 Å². The fraction of sp³-hybridized carbons (Fsp3) is 0.600. The summed E-state index contributed by atoms with van der Waals surface area (Å²) in [6.07, 6.45) is 6.11. The molecule has 2 aliphatic carbocycles. The largest absolute Gasteiger partial charge is 0.465 e. The van der Waals surface area contributed by atoms with E-state index in [1.54, 1.807) is 0 Å². The Labute approximate surface area is 127 Å². The number of methoxy groups -OCH3 is 1. The maximum Gasteiger partial charge on any atom is 0.341 e. The average Bonchev–Trinajstić information content (AvgIpc) is 2.96. The van der Waals surface area contributed by atoms with Crippen LogP contribution in [0.2, 0.25) is 0 Å². The normalized spacial score (nSPS) is 18.8. The van der Waals surface area contributed by atoms with E-state index in [0.29, 0.717) is 17.0 Å². The summed E-state index contributed by atoms with van der Waals surface area (Å²) in [5.74, 6) is -0.474. The summed E-state index contributed by atoms with van der Waals surface area (Å²) < 4.78 is 4.87. The monoisotopic (exact) mass is 308 g/mol. The van der Waals surface area contributed by atoms with Gasteiger partial charge in [0.05, 0.1) is 12.7 Å². The van der Waals surface area contributed by atoms with Crippen molar-refractivity contribution in [1.82, 2.24) is 0 Å². The van der Waals surface area contributed by atoms with Gasteiger partial charge < -0.3 is 15.8 Å². The van der Waals surface area contributed by atoms with E-state index >= 15 is 0 Å². The molecule has 1 saturated carbocycles. The smallest absolute Gasteiger partial charge is 0.341 e. The fourth-order valence-electron chi connectivity index (χ4n) is 3.11. The zero-order valence-electron chi connectivity index (χ0n) is 12.2. The summed E-state index contributed by atoms with van der Waals surface area (Å²) in [6.45, 7) is 0. The number of ether oxygens (including phenoxy) is 1. The Bertz CT molecular complexity index is 590. The highest BCUT2D eigenvalue weighted by molar-refractivity contribution is 7.17. The molecule has 5 nitrogen and oxygen atoms in total. The zero-order valence-corrected chi connectivity index (χ0v) is 13.0. The van der Waals surface area contributed by atoms with Crippen LogP contribution in [0.4, 0.5) is 5.00 Å². The predicted molar refractivity (Wildman–Crippen MR) is 81.7 cm³/mol. The van der Waals surface area contributed by atoms with Gasteiger partial charge in [-0.15, -0.1) is 11.3 Å². The number of aryl methyl sites for hydroxylation is 1. The van der Waals surface area contributed by atoms with Crippen LogP contribution in [0.3, 0.4) is 0 Å². The van der Waals surface area contributed by atoms with Crippen molar-refractivity contribution in [3.63, 3.8) is 0 Å². The summed E-state index contributed by atoms with van der Waals surface area (Å²) in [4.78, 5) is 25.4. The quantitative estimate of drug-likeness (QED) is 0.836. The van der Waals surface area contributed by atoms with E-state index in [2.05, 4.69) is 5.32 Å². The lowest BCUT2D eigenvalue weighted by atomic mass is 9.75. The molecule has 1 aromatic rings. The molecule has 2 aliphatic rings. The van der Waals surface area contributed by atoms with Crippen molar-refractivity contribution in [2.45, 2.75) is 50.5 Å². The predicted octanol–water partition coefficient (Wildman–Crippen LogP) is 2.23. The standard InChI is InChI=1S/C15H20N2O3S/c1-20-14(19)12-9-4-2-5-10(9)21-13(12)17-11(18)8-15(16)6-3-7-15/h2-8,16H2,1H3,(H,17,18). The van der Waals surface area contributed by atoms with Crippen molar-refractivity contribution in [1.29, 1.82) is 0 Å². The lowest BCUT2D eigenvalue weighted by molar-refractivity contribution is -0.118. The van der Waals surface area contributed by atoms with Gasteiger partial charge in [0.25, 0.3) is 0 Å². The number of nitrogens with two attached hydrogens (primary N) is 1. The molecule has 0 aromatic carbocycles. The summed E-state index contributed by atoms with van der Waals surface area (Å²) in [7, 11) is 1.37.